The molecule has 2 atom stereocenters. The molecule has 0 radical (unpaired) electrons. The quantitative estimate of drug-likeness (QED) is 0.154. The van der Waals surface area contributed by atoms with Crippen molar-refractivity contribution in [2.75, 3.05) is 47.2 Å². The van der Waals surface area contributed by atoms with Crippen LogP contribution in [0.5, 0.6) is 0 Å². The number of urea groups is 1. The lowest BCUT2D eigenvalue weighted by Gasteiger charge is -2.35. The zero-order chi connectivity index (χ0) is 38.7. The van der Waals surface area contributed by atoms with Crippen LogP contribution in [0.2, 0.25) is 5.02 Å². The molecule has 0 saturated carbocycles. The Hall–Kier alpha value is -4.69. The van der Waals surface area contributed by atoms with E-state index >= 15 is 0 Å². The van der Waals surface area contributed by atoms with E-state index in [-0.39, 0.29) is 37.9 Å². The highest BCUT2D eigenvalue weighted by molar-refractivity contribution is 6.67. The third-order valence-electron chi connectivity index (χ3n) is 9.20. The van der Waals surface area contributed by atoms with Gasteiger partial charge in [-0.3, -0.25) is 24.4 Å². The Morgan fingerprint density at radius 2 is 1.67 bits per heavy atom. The van der Waals surface area contributed by atoms with E-state index in [0.29, 0.717) is 45.8 Å². The van der Waals surface area contributed by atoms with E-state index < -0.39 is 34.2 Å². The largest absolute Gasteiger partial charge is 0.445 e. The van der Waals surface area contributed by atoms with E-state index in [9.17, 15) is 19.2 Å². The number of ether oxygens (including phenoxy) is 1. The lowest BCUT2D eigenvalue weighted by Crippen LogP contribution is -2.46. The molecule has 13 nitrogen and oxygen atoms in total. The van der Waals surface area contributed by atoms with Crippen LogP contribution in [0.25, 0.3) is 0 Å². The zero-order valence-electron chi connectivity index (χ0n) is 29.5. The molecule has 0 aliphatic carbocycles. The molecule has 2 aromatic heterocycles. The Morgan fingerprint density at radius 1 is 0.944 bits per heavy atom. The highest BCUT2D eigenvalue weighted by Crippen LogP contribution is 2.35. The predicted molar refractivity (Wildman–Crippen MR) is 209 cm³/mol. The summed E-state index contributed by atoms with van der Waals surface area (Å²) in [6, 6.07) is 15.7. The number of anilines is 5. The number of likely N-dealkylation sites (tertiary alicyclic amines) is 1. The minimum Gasteiger partial charge on any atom is -0.445 e. The van der Waals surface area contributed by atoms with Crippen molar-refractivity contribution in [2.45, 2.75) is 37.0 Å². The molecule has 2 aromatic carbocycles. The fraction of sp³-hybridized carbons (Fsp3) is 0.324. The third kappa shape index (κ3) is 9.33. The molecule has 282 valence electrons. The number of ketones is 1. The topological polar surface area (TPSA) is 150 Å². The number of benzene rings is 2. The Bertz CT molecular complexity index is 2060. The summed E-state index contributed by atoms with van der Waals surface area (Å²) >= 11 is 23.3. The van der Waals surface area contributed by atoms with Crippen LogP contribution in [0.3, 0.4) is 0 Å². The number of halogens is 4. The summed E-state index contributed by atoms with van der Waals surface area (Å²) in [5, 5.41) is 6.61. The maximum absolute atomic E-state index is 13.9. The van der Waals surface area contributed by atoms with Crippen LogP contribution in [-0.4, -0.2) is 74.2 Å². The first-order chi connectivity index (χ1) is 25.6. The number of Topliss-reactive ketones (excluding diaryl/α,β-unsaturated/α-hetero) is 1. The van der Waals surface area contributed by atoms with Crippen molar-refractivity contribution in [3.05, 3.63) is 94.4 Å². The van der Waals surface area contributed by atoms with Gasteiger partial charge in [0.05, 0.1) is 30.0 Å². The molecule has 54 heavy (non-hydrogen) atoms. The maximum Gasteiger partial charge on any atom is 0.409 e. The highest BCUT2D eigenvalue weighted by Gasteiger charge is 2.44. The number of fused-ring (bicyclic) bond motifs is 1. The van der Waals surface area contributed by atoms with E-state index in [1.54, 1.807) is 54.7 Å². The predicted octanol–water partition coefficient (Wildman–Crippen LogP) is 7.66. The summed E-state index contributed by atoms with van der Waals surface area (Å²) in [4.78, 5) is 71.9. The summed E-state index contributed by atoms with van der Waals surface area (Å²) in [6.07, 6.45) is 3.09. The van der Waals surface area contributed by atoms with Gasteiger partial charge < -0.3 is 20.3 Å². The molecule has 0 bridgehead atoms. The molecule has 1 fully saturated rings. The monoisotopic (exact) mass is 812 g/mol. The lowest BCUT2D eigenvalue weighted by atomic mass is 9.88. The Labute approximate surface area is 331 Å². The van der Waals surface area contributed by atoms with E-state index in [0.717, 1.165) is 16.8 Å². The van der Waals surface area contributed by atoms with Crippen LogP contribution >= 0.6 is 46.4 Å². The molecule has 4 aromatic rings. The number of aryl methyl sites for hydroxylation is 3. The van der Waals surface area contributed by atoms with Crippen molar-refractivity contribution in [1.82, 2.24) is 19.9 Å². The fourth-order valence-electron chi connectivity index (χ4n) is 6.33. The Balaban J connectivity index is 1.18. The van der Waals surface area contributed by atoms with Crippen molar-refractivity contribution >= 4 is 99.0 Å². The van der Waals surface area contributed by atoms with E-state index in [1.807, 2.05) is 38.1 Å². The van der Waals surface area contributed by atoms with Gasteiger partial charge in [0.15, 0.2) is 0 Å². The first-order valence-corrected chi connectivity index (χ1v) is 18.4. The van der Waals surface area contributed by atoms with E-state index in [1.165, 1.54) is 9.80 Å². The Kier molecular flexibility index (Phi) is 11.8. The van der Waals surface area contributed by atoms with Crippen LogP contribution in [0, 0.1) is 25.7 Å². The molecule has 2 N–H and O–H groups in total. The summed E-state index contributed by atoms with van der Waals surface area (Å²) in [7, 11) is 1.63. The minimum atomic E-state index is -1.83. The number of nitrogens with one attached hydrogen (secondary N) is 2. The van der Waals surface area contributed by atoms with Crippen LogP contribution in [-0.2, 0) is 27.3 Å². The average Bonchev–Trinajstić information content (AvgIpc) is 3.60. The number of rotatable bonds is 10. The van der Waals surface area contributed by atoms with Crippen molar-refractivity contribution in [3.63, 3.8) is 0 Å². The maximum atomic E-state index is 13.9. The number of aromatic nitrogens is 3. The Morgan fingerprint density at radius 3 is 2.37 bits per heavy atom. The first kappa shape index (κ1) is 39.0. The number of pyridine rings is 1. The van der Waals surface area contributed by atoms with Crippen molar-refractivity contribution in [1.29, 1.82) is 0 Å². The number of nitrogens with zero attached hydrogens (tertiary/aromatic N) is 6. The smallest absolute Gasteiger partial charge is 0.409 e. The molecule has 1 saturated heterocycles. The molecule has 2 aliphatic rings. The molecule has 4 amide bonds. The van der Waals surface area contributed by atoms with Gasteiger partial charge in [-0.15, -0.1) is 0 Å². The second kappa shape index (κ2) is 16.4. The molecule has 0 unspecified atom stereocenters. The fourth-order valence-corrected chi connectivity index (χ4v) is 6.61. The molecule has 0 spiro atoms. The number of carbonyl (C=O) groups excluding carboxylic acids is 4. The lowest BCUT2D eigenvalue weighted by molar-refractivity contribution is -0.129. The van der Waals surface area contributed by atoms with E-state index in [4.69, 9.17) is 51.1 Å². The zero-order valence-corrected chi connectivity index (χ0v) is 32.5. The highest BCUT2D eigenvalue weighted by atomic mass is 35.6. The number of hydrogen-bond donors (Lipinski definition) is 2. The third-order valence-corrected chi connectivity index (χ3v) is 9.78. The number of alkyl halides is 3. The second-order valence-electron chi connectivity index (χ2n) is 13.2. The summed E-state index contributed by atoms with van der Waals surface area (Å²) in [5.41, 5.74) is 4.94. The standard InChI is InChI=1S/C37H36Cl4N8O5/c1-21-4-11-26(14-30(21)49-17-24-15-43-34(46-32(24)47(3)35(49)52)45-27-12-5-22(2)42-16-27)44-33(51)29-19-48(36(53)54-20-37(39,40)41)18-28(29)31(50)13-8-23-6-9-25(38)10-7-23/h4-7,9-12,14-16,28-29H,8,13,17-20H2,1-3H3,(H,44,51)(H,43,45,46)/t28-,29+/m0/s1. The number of amides is 4. The molecular weight excluding hydrogens is 778 g/mol. The normalized spacial score (nSPS) is 16.9. The molecule has 2 aliphatic heterocycles. The first-order valence-electron chi connectivity index (χ1n) is 16.9. The van der Waals surface area contributed by atoms with Gasteiger partial charge in [-0.25, -0.2) is 14.6 Å². The van der Waals surface area contributed by atoms with Crippen LogP contribution in [0.15, 0.2) is 67.0 Å². The van der Waals surface area contributed by atoms with Crippen LogP contribution in [0.1, 0.15) is 28.8 Å². The second-order valence-corrected chi connectivity index (χ2v) is 16.1. The van der Waals surface area contributed by atoms with Gasteiger partial charge >= 0.3 is 12.1 Å². The summed E-state index contributed by atoms with van der Waals surface area (Å²) < 4.78 is 3.33. The molecule has 6 rings (SSSR count). The van der Waals surface area contributed by atoms with Gasteiger partial charge in [0.1, 0.15) is 18.2 Å². The molecular formula is C37H36Cl4N8O5. The van der Waals surface area contributed by atoms with Gasteiger partial charge in [-0.1, -0.05) is 64.6 Å². The van der Waals surface area contributed by atoms with E-state index in [2.05, 4.69) is 25.6 Å². The van der Waals surface area contributed by atoms with Crippen LogP contribution in [0.4, 0.5) is 38.4 Å². The van der Waals surface area contributed by atoms with Gasteiger partial charge in [-0.2, -0.15) is 4.98 Å². The number of hydrogen-bond acceptors (Lipinski definition) is 9. The SMILES string of the molecule is Cc1ccc(Nc2ncc3c(n2)N(C)C(=O)N(c2cc(NC(=O)[C@@H]4CN(C(=O)OCC(Cl)(Cl)Cl)C[C@@H]4C(=O)CCc4ccc(Cl)cc4)ccc2C)C3)cn1. The summed E-state index contributed by atoms with van der Waals surface area (Å²) in [5.74, 6) is -1.62. The van der Waals surface area contributed by atoms with Crippen molar-refractivity contribution in [3.8, 4) is 0 Å². The molecule has 4 heterocycles. The van der Waals surface area contributed by atoms with Gasteiger partial charge in [0.25, 0.3) is 0 Å². The van der Waals surface area contributed by atoms with Gasteiger partial charge in [0.2, 0.25) is 15.6 Å². The summed E-state index contributed by atoms with van der Waals surface area (Å²) in [6.45, 7) is 3.28. The van der Waals surface area contributed by atoms with Crippen molar-refractivity contribution < 1.29 is 23.9 Å². The minimum absolute atomic E-state index is 0.0510. The van der Waals surface area contributed by atoms with Crippen LogP contribution < -0.4 is 20.4 Å². The van der Waals surface area contributed by atoms with Crippen molar-refractivity contribution in [2.24, 2.45) is 11.8 Å². The number of carbonyl (C=O) groups is 4. The van der Waals surface area contributed by atoms with Gasteiger partial charge in [0, 0.05) is 60.6 Å². The average molecular weight is 815 g/mol. The van der Waals surface area contributed by atoms with Gasteiger partial charge in [-0.05, 0) is 67.8 Å². The molecule has 17 heteroatoms.